The molecule has 1 unspecified atom stereocenters. The molecule has 2 heterocycles. The predicted octanol–water partition coefficient (Wildman–Crippen LogP) is 4.18. The highest BCUT2D eigenvalue weighted by Gasteiger charge is 2.25. The van der Waals surface area contributed by atoms with Crippen molar-refractivity contribution in [1.29, 1.82) is 0 Å². The van der Waals surface area contributed by atoms with Gasteiger partial charge in [-0.15, -0.1) is 0 Å². The van der Waals surface area contributed by atoms with Crippen LogP contribution < -0.4 is 5.32 Å². The average Bonchev–Trinajstić information content (AvgIpc) is 2.98. The number of aryl methyl sites for hydroxylation is 1. The molecule has 1 aromatic heterocycles. The highest BCUT2D eigenvalue weighted by Crippen LogP contribution is 2.33. The Morgan fingerprint density at radius 3 is 2.73 bits per heavy atom. The monoisotopic (exact) mass is 345 g/mol. The smallest absolute Gasteiger partial charge is 0.0782 e. The van der Waals surface area contributed by atoms with Crippen LogP contribution in [0.5, 0.6) is 0 Å². The molecule has 26 heavy (non-hydrogen) atoms. The molecular weight excluding hydrogens is 318 g/mol. The van der Waals surface area contributed by atoms with Crippen molar-refractivity contribution in [2.24, 2.45) is 0 Å². The second kappa shape index (κ2) is 7.98. The zero-order valence-corrected chi connectivity index (χ0v) is 15.5. The van der Waals surface area contributed by atoms with Crippen molar-refractivity contribution < 1.29 is 0 Å². The number of rotatable bonds is 4. The minimum absolute atomic E-state index is 0.201. The summed E-state index contributed by atoms with van der Waals surface area (Å²) in [6.45, 7) is 6.46. The lowest BCUT2D eigenvalue weighted by molar-refractivity contribution is 0.238. The Morgan fingerprint density at radius 2 is 1.88 bits per heavy atom. The lowest BCUT2D eigenvalue weighted by Gasteiger charge is -2.31. The second-order valence-electron chi connectivity index (χ2n) is 7.06. The van der Waals surface area contributed by atoms with Gasteiger partial charge in [0.2, 0.25) is 0 Å². The van der Waals surface area contributed by atoms with E-state index in [0.717, 1.165) is 38.3 Å². The Hall–Kier alpha value is -2.23. The number of nitrogens with zero attached hydrogens (tertiary/aromatic N) is 2. The van der Waals surface area contributed by atoms with E-state index in [1.54, 1.807) is 0 Å². The summed E-state index contributed by atoms with van der Waals surface area (Å²) in [6.07, 6.45) is 4.25. The molecule has 1 aliphatic heterocycles. The SMILES string of the molecule is CCc1ccc(C(c2cccc3ccccc23)N2CCCNCC2)nc1. The molecule has 1 fully saturated rings. The third kappa shape index (κ3) is 3.50. The van der Waals surface area contributed by atoms with E-state index < -0.39 is 0 Å². The van der Waals surface area contributed by atoms with Crippen LogP contribution in [0.4, 0.5) is 0 Å². The van der Waals surface area contributed by atoms with Gasteiger partial charge in [0.25, 0.3) is 0 Å². The Balaban J connectivity index is 1.83. The van der Waals surface area contributed by atoms with Crippen molar-refractivity contribution in [2.45, 2.75) is 25.8 Å². The van der Waals surface area contributed by atoms with Crippen molar-refractivity contribution in [2.75, 3.05) is 26.2 Å². The molecule has 4 rings (SSSR count). The third-order valence-electron chi connectivity index (χ3n) is 5.39. The van der Waals surface area contributed by atoms with Gasteiger partial charge >= 0.3 is 0 Å². The number of hydrogen-bond donors (Lipinski definition) is 1. The van der Waals surface area contributed by atoms with Gasteiger partial charge in [0, 0.05) is 25.8 Å². The molecule has 3 nitrogen and oxygen atoms in total. The normalized spacial score (nSPS) is 17.1. The fourth-order valence-corrected chi connectivity index (χ4v) is 3.96. The van der Waals surface area contributed by atoms with E-state index in [-0.39, 0.29) is 6.04 Å². The van der Waals surface area contributed by atoms with Crippen LogP contribution in [0.1, 0.15) is 36.2 Å². The number of benzene rings is 2. The predicted molar refractivity (Wildman–Crippen MR) is 108 cm³/mol. The van der Waals surface area contributed by atoms with Gasteiger partial charge in [0.1, 0.15) is 0 Å². The van der Waals surface area contributed by atoms with Crippen LogP contribution >= 0.6 is 0 Å². The van der Waals surface area contributed by atoms with E-state index >= 15 is 0 Å². The first-order chi connectivity index (χ1) is 12.9. The number of fused-ring (bicyclic) bond motifs is 1. The second-order valence-corrected chi connectivity index (χ2v) is 7.06. The van der Waals surface area contributed by atoms with Crippen molar-refractivity contribution in [3.8, 4) is 0 Å². The van der Waals surface area contributed by atoms with E-state index in [1.807, 2.05) is 6.20 Å². The number of aromatic nitrogens is 1. The summed E-state index contributed by atoms with van der Waals surface area (Å²) in [6, 6.07) is 20.0. The Bertz CT molecular complexity index is 843. The fourth-order valence-electron chi connectivity index (χ4n) is 3.96. The average molecular weight is 345 g/mol. The minimum atomic E-state index is 0.201. The third-order valence-corrected chi connectivity index (χ3v) is 5.39. The maximum atomic E-state index is 4.88. The maximum absolute atomic E-state index is 4.88. The molecule has 1 atom stereocenters. The standard InChI is InChI=1S/C23H27N3/c1-2-18-11-12-22(25-17-18)23(26-15-6-13-24-14-16-26)21-10-5-8-19-7-3-4-9-20(19)21/h3-5,7-12,17,23-24H,2,6,13-16H2,1H3. The molecule has 2 aromatic carbocycles. The summed E-state index contributed by atoms with van der Waals surface area (Å²) in [4.78, 5) is 7.47. The first kappa shape index (κ1) is 17.2. The van der Waals surface area contributed by atoms with Gasteiger partial charge in [-0.25, -0.2) is 0 Å². The summed E-state index contributed by atoms with van der Waals surface area (Å²) in [5, 5.41) is 6.16. The molecule has 1 aliphatic rings. The lowest BCUT2D eigenvalue weighted by atomic mass is 9.94. The van der Waals surface area contributed by atoms with Crippen LogP contribution in [0.3, 0.4) is 0 Å². The van der Waals surface area contributed by atoms with E-state index in [2.05, 4.69) is 71.7 Å². The molecule has 3 aromatic rings. The van der Waals surface area contributed by atoms with Crippen molar-refractivity contribution in [3.63, 3.8) is 0 Å². The summed E-state index contributed by atoms with van der Waals surface area (Å²) in [7, 11) is 0. The molecule has 1 saturated heterocycles. The number of pyridine rings is 1. The van der Waals surface area contributed by atoms with Crippen molar-refractivity contribution in [3.05, 3.63) is 77.6 Å². The van der Waals surface area contributed by atoms with Crippen molar-refractivity contribution in [1.82, 2.24) is 15.2 Å². The molecule has 0 saturated carbocycles. The van der Waals surface area contributed by atoms with Crippen LogP contribution in [-0.4, -0.2) is 36.1 Å². The fraction of sp³-hybridized carbons (Fsp3) is 0.348. The Labute approximate surface area is 156 Å². The number of hydrogen-bond acceptors (Lipinski definition) is 3. The zero-order chi connectivity index (χ0) is 17.8. The summed E-state index contributed by atoms with van der Waals surface area (Å²) < 4.78 is 0. The maximum Gasteiger partial charge on any atom is 0.0782 e. The van der Waals surface area contributed by atoms with Gasteiger partial charge in [-0.3, -0.25) is 9.88 Å². The zero-order valence-electron chi connectivity index (χ0n) is 15.5. The van der Waals surface area contributed by atoms with E-state index in [1.165, 1.54) is 28.3 Å². The summed E-state index contributed by atoms with van der Waals surface area (Å²) in [5.74, 6) is 0. The molecule has 134 valence electrons. The van der Waals surface area contributed by atoms with Gasteiger partial charge in [-0.1, -0.05) is 55.5 Å². The van der Waals surface area contributed by atoms with Gasteiger partial charge in [0.05, 0.1) is 11.7 Å². The first-order valence-electron chi connectivity index (χ1n) is 9.74. The van der Waals surface area contributed by atoms with Crippen LogP contribution in [0, 0.1) is 0 Å². The minimum Gasteiger partial charge on any atom is -0.315 e. The Morgan fingerprint density at radius 1 is 1.00 bits per heavy atom. The van der Waals surface area contributed by atoms with Gasteiger partial charge in [-0.2, -0.15) is 0 Å². The molecule has 0 radical (unpaired) electrons. The van der Waals surface area contributed by atoms with Crippen LogP contribution in [0.25, 0.3) is 10.8 Å². The van der Waals surface area contributed by atoms with Gasteiger partial charge < -0.3 is 5.32 Å². The molecule has 0 aliphatic carbocycles. The molecule has 0 amide bonds. The lowest BCUT2D eigenvalue weighted by Crippen LogP contribution is -2.33. The quantitative estimate of drug-likeness (QED) is 0.769. The molecular formula is C23H27N3. The highest BCUT2D eigenvalue weighted by atomic mass is 15.2. The highest BCUT2D eigenvalue weighted by molar-refractivity contribution is 5.86. The first-order valence-corrected chi connectivity index (χ1v) is 9.74. The molecule has 1 N–H and O–H groups in total. The molecule has 0 bridgehead atoms. The van der Waals surface area contributed by atoms with Crippen LogP contribution in [-0.2, 0) is 6.42 Å². The van der Waals surface area contributed by atoms with Gasteiger partial charge in [-0.05, 0) is 47.4 Å². The van der Waals surface area contributed by atoms with Crippen LogP contribution in [0.2, 0.25) is 0 Å². The van der Waals surface area contributed by atoms with Crippen LogP contribution in [0.15, 0.2) is 60.8 Å². The number of nitrogens with one attached hydrogen (secondary N) is 1. The summed E-state index contributed by atoms with van der Waals surface area (Å²) >= 11 is 0. The largest absolute Gasteiger partial charge is 0.315 e. The molecule has 0 spiro atoms. The van der Waals surface area contributed by atoms with E-state index in [4.69, 9.17) is 4.98 Å². The van der Waals surface area contributed by atoms with Crippen molar-refractivity contribution >= 4 is 10.8 Å². The van der Waals surface area contributed by atoms with Gasteiger partial charge in [0.15, 0.2) is 0 Å². The Kier molecular flexibility index (Phi) is 5.28. The van der Waals surface area contributed by atoms with E-state index in [0.29, 0.717) is 0 Å². The molecule has 3 heteroatoms. The topological polar surface area (TPSA) is 28.2 Å². The van der Waals surface area contributed by atoms with E-state index in [9.17, 15) is 0 Å². The summed E-state index contributed by atoms with van der Waals surface area (Å²) in [5.41, 5.74) is 3.81.